The fourth-order valence-corrected chi connectivity index (χ4v) is 3.51. The van der Waals surface area contributed by atoms with Gasteiger partial charge in [0.05, 0.1) is 10.5 Å². The van der Waals surface area contributed by atoms with Crippen molar-refractivity contribution in [3.8, 4) is 0 Å². The maximum atomic E-state index is 12.5. The number of imide groups is 3. The SMILES string of the molecule is O=C1S/C(=C/c2ccc(Cl)cc2)C(=O)N1C(=O)c1ccccc1Br. The lowest BCUT2D eigenvalue weighted by Gasteiger charge is -2.11. The topological polar surface area (TPSA) is 54.5 Å². The number of rotatable bonds is 2. The highest BCUT2D eigenvalue weighted by atomic mass is 79.9. The number of hydrogen-bond acceptors (Lipinski definition) is 4. The van der Waals surface area contributed by atoms with E-state index in [1.807, 2.05) is 0 Å². The molecule has 0 saturated carbocycles. The predicted octanol–water partition coefficient (Wildman–Crippen LogP) is 4.98. The van der Waals surface area contributed by atoms with E-state index in [2.05, 4.69) is 15.9 Å². The number of halogens is 2. The van der Waals surface area contributed by atoms with Gasteiger partial charge in [0, 0.05) is 9.50 Å². The quantitative estimate of drug-likeness (QED) is 0.506. The maximum Gasteiger partial charge on any atom is 0.300 e. The molecular weight excluding hydrogens is 414 g/mol. The van der Waals surface area contributed by atoms with Gasteiger partial charge in [0.2, 0.25) is 0 Å². The Kier molecular flexibility index (Phi) is 4.89. The fourth-order valence-electron chi connectivity index (χ4n) is 2.11. The zero-order valence-electron chi connectivity index (χ0n) is 12.0. The molecule has 0 radical (unpaired) electrons. The van der Waals surface area contributed by atoms with E-state index >= 15 is 0 Å². The number of thioether (sulfide) groups is 1. The third kappa shape index (κ3) is 3.31. The molecule has 0 atom stereocenters. The van der Waals surface area contributed by atoms with Crippen molar-refractivity contribution in [3.63, 3.8) is 0 Å². The summed E-state index contributed by atoms with van der Waals surface area (Å²) in [5, 5.41) is -0.0367. The average Bonchev–Trinajstić information content (AvgIpc) is 2.83. The molecule has 3 amide bonds. The molecule has 0 bridgehead atoms. The van der Waals surface area contributed by atoms with Gasteiger partial charge in [-0.25, -0.2) is 4.90 Å². The lowest BCUT2D eigenvalue weighted by molar-refractivity contribution is -0.120. The monoisotopic (exact) mass is 421 g/mol. The van der Waals surface area contributed by atoms with E-state index < -0.39 is 17.1 Å². The van der Waals surface area contributed by atoms with Gasteiger partial charge in [-0.3, -0.25) is 14.4 Å². The number of nitrogens with zero attached hydrogens (tertiary/aromatic N) is 1. The zero-order chi connectivity index (χ0) is 17.3. The first kappa shape index (κ1) is 17.0. The molecular formula is C17H9BrClNO3S. The number of benzene rings is 2. The van der Waals surface area contributed by atoms with Crippen LogP contribution in [0.15, 0.2) is 57.9 Å². The van der Waals surface area contributed by atoms with Gasteiger partial charge < -0.3 is 0 Å². The molecule has 4 nitrogen and oxygen atoms in total. The Bertz CT molecular complexity index is 880. The van der Waals surface area contributed by atoms with Gasteiger partial charge in [0.1, 0.15) is 0 Å². The van der Waals surface area contributed by atoms with Gasteiger partial charge in [-0.05, 0) is 63.6 Å². The first-order valence-electron chi connectivity index (χ1n) is 6.80. The van der Waals surface area contributed by atoms with Crippen molar-refractivity contribution in [1.82, 2.24) is 4.90 Å². The molecule has 0 aliphatic carbocycles. The molecule has 3 rings (SSSR count). The normalized spacial score (nSPS) is 16.1. The number of carbonyl (C=O) groups excluding carboxylic acids is 3. The van der Waals surface area contributed by atoms with Crippen LogP contribution in [0.3, 0.4) is 0 Å². The molecule has 1 saturated heterocycles. The van der Waals surface area contributed by atoms with Crippen molar-refractivity contribution < 1.29 is 14.4 Å². The van der Waals surface area contributed by atoms with Crippen LogP contribution in [0.5, 0.6) is 0 Å². The van der Waals surface area contributed by atoms with Crippen molar-refractivity contribution in [2.45, 2.75) is 0 Å². The highest BCUT2D eigenvalue weighted by Gasteiger charge is 2.40. The van der Waals surface area contributed by atoms with Gasteiger partial charge in [0.15, 0.2) is 0 Å². The van der Waals surface area contributed by atoms with Crippen LogP contribution in [-0.2, 0) is 4.79 Å². The second-order valence-corrected chi connectivity index (χ2v) is 7.14. The van der Waals surface area contributed by atoms with Crippen molar-refractivity contribution in [3.05, 3.63) is 74.1 Å². The highest BCUT2D eigenvalue weighted by Crippen LogP contribution is 2.34. The van der Waals surface area contributed by atoms with Crippen LogP contribution in [-0.4, -0.2) is 22.0 Å². The molecule has 0 spiro atoms. The van der Waals surface area contributed by atoms with E-state index in [1.165, 1.54) is 0 Å². The molecule has 0 N–H and O–H groups in total. The van der Waals surface area contributed by atoms with E-state index in [1.54, 1.807) is 54.6 Å². The molecule has 0 unspecified atom stereocenters. The maximum absolute atomic E-state index is 12.5. The van der Waals surface area contributed by atoms with Crippen LogP contribution in [0.2, 0.25) is 5.02 Å². The third-order valence-corrected chi connectivity index (χ3v) is 5.08. The Balaban J connectivity index is 1.91. The van der Waals surface area contributed by atoms with Crippen LogP contribution >= 0.6 is 39.3 Å². The standard InChI is InChI=1S/C17H9BrClNO3S/c18-13-4-2-1-3-12(13)15(21)20-16(22)14(24-17(20)23)9-10-5-7-11(19)8-6-10/h1-9H/b14-9+. The molecule has 24 heavy (non-hydrogen) atoms. The van der Waals surface area contributed by atoms with Gasteiger partial charge in [-0.2, -0.15) is 0 Å². The van der Waals surface area contributed by atoms with Crippen LogP contribution in [0.4, 0.5) is 4.79 Å². The summed E-state index contributed by atoms with van der Waals surface area (Å²) >= 11 is 9.82. The minimum atomic E-state index is -0.649. The van der Waals surface area contributed by atoms with E-state index in [0.29, 0.717) is 14.4 Å². The first-order valence-corrected chi connectivity index (χ1v) is 8.78. The average molecular weight is 423 g/mol. The Morgan fingerprint density at radius 1 is 1.08 bits per heavy atom. The highest BCUT2D eigenvalue weighted by molar-refractivity contribution is 9.10. The summed E-state index contributed by atoms with van der Waals surface area (Å²) in [6.07, 6.45) is 1.56. The molecule has 120 valence electrons. The van der Waals surface area contributed by atoms with Gasteiger partial charge in [-0.1, -0.05) is 35.9 Å². The summed E-state index contributed by atoms with van der Waals surface area (Å²) in [5.41, 5.74) is 0.978. The van der Waals surface area contributed by atoms with Crippen molar-refractivity contribution in [2.75, 3.05) is 0 Å². The zero-order valence-corrected chi connectivity index (χ0v) is 15.2. The Morgan fingerprint density at radius 3 is 2.42 bits per heavy atom. The summed E-state index contributed by atoms with van der Waals surface area (Å²) in [5.74, 6) is -1.27. The summed E-state index contributed by atoms with van der Waals surface area (Å²) in [7, 11) is 0. The molecule has 0 aromatic heterocycles. The molecule has 1 heterocycles. The minimum absolute atomic E-state index is 0.197. The van der Waals surface area contributed by atoms with E-state index in [4.69, 9.17) is 11.6 Å². The van der Waals surface area contributed by atoms with Crippen LogP contribution in [0.25, 0.3) is 6.08 Å². The molecule has 1 aliphatic rings. The van der Waals surface area contributed by atoms with Gasteiger partial charge >= 0.3 is 5.24 Å². The second-order valence-electron chi connectivity index (χ2n) is 4.85. The predicted molar refractivity (Wildman–Crippen MR) is 97.7 cm³/mol. The Labute approximate surface area is 155 Å². The first-order chi connectivity index (χ1) is 11.5. The lowest BCUT2D eigenvalue weighted by atomic mass is 10.2. The largest absolute Gasteiger partial charge is 0.300 e. The van der Waals surface area contributed by atoms with Gasteiger partial charge in [0.25, 0.3) is 11.8 Å². The van der Waals surface area contributed by atoms with Crippen molar-refractivity contribution in [2.24, 2.45) is 0 Å². The summed E-state index contributed by atoms with van der Waals surface area (Å²) in [6.45, 7) is 0. The number of hydrogen-bond donors (Lipinski definition) is 0. The molecule has 7 heteroatoms. The van der Waals surface area contributed by atoms with Crippen molar-refractivity contribution in [1.29, 1.82) is 0 Å². The Morgan fingerprint density at radius 2 is 1.75 bits per heavy atom. The summed E-state index contributed by atoms with van der Waals surface area (Å²) in [4.78, 5) is 38.0. The lowest BCUT2D eigenvalue weighted by Crippen LogP contribution is -2.35. The van der Waals surface area contributed by atoms with E-state index in [9.17, 15) is 14.4 Å². The van der Waals surface area contributed by atoms with Crippen molar-refractivity contribution >= 4 is 62.4 Å². The molecule has 2 aromatic carbocycles. The molecule has 2 aromatic rings. The second kappa shape index (κ2) is 6.93. The summed E-state index contributed by atoms with van der Waals surface area (Å²) < 4.78 is 0.524. The summed E-state index contributed by atoms with van der Waals surface area (Å²) in [6, 6.07) is 13.5. The molecule has 1 aliphatic heterocycles. The van der Waals surface area contributed by atoms with Crippen LogP contribution < -0.4 is 0 Å². The van der Waals surface area contributed by atoms with Crippen LogP contribution in [0, 0.1) is 0 Å². The minimum Gasteiger partial charge on any atom is -0.268 e. The van der Waals surface area contributed by atoms with Crippen LogP contribution in [0.1, 0.15) is 15.9 Å². The number of amides is 3. The van der Waals surface area contributed by atoms with E-state index in [-0.39, 0.29) is 10.5 Å². The van der Waals surface area contributed by atoms with E-state index in [0.717, 1.165) is 17.3 Å². The Hall–Kier alpha value is -1.89. The third-order valence-electron chi connectivity index (χ3n) is 3.27. The fraction of sp³-hybridized carbons (Fsp3) is 0. The smallest absolute Gasteiger partial charge is 0.268 e. The van der Waals surface area contributed by atoms with Gasteiger partial charge in [-0.15, -0.1) is 0 Å². The molecule has 1 fully saturated rings. The number of carbonyl (C=O) groups is 3.